The Balaban J connectivity index is 2.40. The zero-order valence-electron chi connectivity index (χ0n) is 9.16. The van der Waals surface area contributed by atoms with Gasteiger partial charge in [0, 0.05) is 5.54 Å². The van der Waals surface area contributed by atoms with E-state index in [1.807, 2.05) is 19.9 Å². The zero-order valence-corrected chi connectivity index (χ0v) is 9.16. The van der Waals surface area contributed by atoms with Crippen molar-refractivity contribution in [2.45, 2.75) is 38.3 Å². The van der Waals surface area contributed by atoms with Crippen LogP contribution in [0.15, 0.2) is 18.2 Å². The Labute approximate surface area is 89.9 Å². The van der Waals surface area contributed by atoms with Gasteiger partial charge in [0.05, 0.1) is 11.7 Å². The average molecular weight is 207 g/mol. The van der Waals surface area contributed by atoms with Crippen molar-refractivity contribution in [3.63, 3.8) is 0 Å². The number of phenolic OH excluding ortho intramolecular Hbond substituents is 1. The molecule has 0 aliphatic heterocycles. The molecule has 1 fully saturated rings. The summed E-state index contributed by atoms with van der Waals surface area (Å²) in [7, 11) is 0. The average Bonchev–Trinajstić information content (AvgIpc) is 2.83. The monoisotopic (exact) mass is 207 g/mol. The maximum absolute atomic E-state index is 9.82. The number of benzene rings is 1. The summed E-state index contributed by atoms with van der Waals surface area (Å²) in [6.45, 7) is 3.92. The number of phenols is 1. The van der Waals surface area contributed by atoms with Gasteiger partial charge in [-0.3, -0.25) is 0 Å². The maximum atomic E-state index is 9.82. The van der Waals surface area contributed by atoms with Crippen molar-refractivity contribution >= 4 is 0 Å². The molecule has 15 heavy (non-hydrogen) atoms. The predicted molar refractivity (Wildman–Crippen MR) is 59.0 cm³/mol. The van der Waals surface area contributed by atoms with Crippen LogP contribution in [0.2, 0.25) is 0 Å². The van der Waals surface area contributed by atoms with E-state index in [4.69, 9.17) is 10.5 Å². The minimum atomic E-state index is -0.366. The summed E-state index contributed by atoms with van der Waals surface area (Å²) in [4.78, 5) is 0. The Kier molecular flexibility index (Phi) is 2.35. The molecule has 0 saturated heterocycles. The van der Waals surface area contributed by atoms with E-state index in [9.17, 15) is 5.11 Å². The number of ether oxygens (including phenoxy) is 1. The van der Waals surface area contributed by atoms with Gasteiger partial charge in [0.25, 0.3) is 0 Å². The van der Waals surface area contributed by atoms with Crippen molar-refractivity contribution in [2.24, 2.45) is 5.73 Å². The van der Waals surface area contributed by atoms with Crippen LogP contribution in [-0.2, 0) is 5.54 Å². The normalized spacial score (nSPS) is 17.9. The van der Waals surface area contributed by atoms with Crippen molar-refractivity contribution in [2.75, 3.05) is 0 Å². The number of rotatable bonds is 3. The van der Waals surface area contributed by atoms with Gasteiger partial charge in [0.15, 0.2) is 0 Å². The molecule has 0 heterocycles. The van der Waals surface area contributed by atoms with Crippen LogP contribution in [0.1, 0.15) is 32.3 Å². The van der Waals surface area contributed by atoms with Gasteiger partial charge in [-0.15, -0.1) is 0 Å². The van der Waals surface area contributed by atoms with Crippen LogP contribution in [0.3, 0.4) is 0 Å². The molecular formula is C12H17NO2. The van der Waals surface area contributed by atoms with Crippen LogP contribution >= 0.6 is 0 Å². The fourth-order valence-corrected chi connectivity index (χ4v) is 1.76. The Morgan fingerprint density at radius 3 is 2.60 bits per heavy atom. The van der Waals surface area contributed by atoms with E-state index < -0.39 is 0 Å². The first-order valence-corrected chi connectivity index (χ1v) is 5.31. The number of nitrogens with two attached hydrogens (primary N) is 1. The number of aromatic hydroxyl groups is 1. The van der Waals surface area contributed by atoms with Gasteiger partial charge in [-0.1, -0.05) is 6.07 Å². The molecule has 3 nitrogen and oxygen atoms in total. The lowest BCUT2D eigenvalue weighted by molar-refractivity contribution is 0.236. The highest BCUT2D eigenvalue weighted by molar-refractivity contribution is 5.51. The summed E-state index contributed by atoms with van der Waals surface area (Å²) in [5.74, 6) is 0.957. The maximum Gasteiger partial charge on any atom is 0.128 e. The highest BCUT2D eigenvalue weighted by atomic mass is 16.5. The summed E-state index contributed by atoms with van der Waals surface area (Å²) < 4.78 is 5.65. The summed E-state index contributed by atoms with van der Waals surface area (Å²) in [6.07, 6.45) is 1.92. The third kappa shape index (κ3) is 1.92. The van der Waals surface area contributed by atoms with Crippen LogP contribution in [0.25, 0.3) is 0 Å². The first-order valence-electron chi connectivity index (χ1n) is 5.31. The van der Waals surface area contributed by atoms with Crippen molar-refractivity contribution < 1.29 is 9.84 Å². The molecular weight excluding hydrogens is 190 g/mol. The summed E-state index contributed by atoms with van der Waals surface area (Å²) >= 11 is 0. The van der Waals surface area contributed by atoms with Gasteiger partial charge in [-0.05, 0) is 38.8 Å². The molecule has 0 radical (unpaired) electrons. The first kappa shape index (κ1) is 10.3. The molecule has 0 amide bonds. The van der Waals surface area contributed by atoms with E-state index in [0.29, 0.717) is 5.75 Å². The molecule has 0 unspecified atom stereocenters. The minimum absolute atomic E-state index is 0.0906. The molecule has 3 heteroatoms. The van der Waals surface area contributed by atoms with Crippen molar-refractivity contribution in [1.29, 1.82) is 0 Å². The van der Waals surface area contributed by atoms with Gasteiger partial charge in [0.2, 0.25) is 0 Å². The second-order valence-corrected chi connectivity index (χ2v) is 4.47. The molecule has 1 aliphatic carbocycles. The Morgan fingerprint density at radius 1 is 1.40 bits per heavy atom. The van der Waals surface area contributed by atoms with Gasteiger partial charge in [-0.25, -0.2) is 0 Å². The van der Waals surface area contributed by atoms with E-state index in [-0.39, 0.29) is 17.4 Å². The molecule has 1 aliphatic rings. The smallest absolute Gasteiger partial charge is 0.128 e. The van der Waals surface area contributed by atoms with Gasteiger partial charge < -0.3 is 15.6 Å². The SMILES string of the molecule is CC(C)Oc1cccc(O)c1C1(N)CC1. The molecule has 1 saturated carbocycles. The standard InChI is InChI=1S/C12H17NO2/c1-8(2)15-10-5-3-4-9(14)11(10)12(13)6-7-12/h3-5,8,14H,6-7,13H2,1-2H3. The summed E-state index contributed by atoms with van der Waals surface area (Å²) in [6, 6.07) is 5.31. The largest absolute Gasteiger partial charge is 0.507 e. The zero-order chi connectivity index (χ0) is 11.1. The van der Waals surface area contributed by atoms with Crippen LogP contribution < -0.4 is 10.5 Å². The molecule has 0 bridgehead atoms. The molecule has 1 aromatic rings. The van der Waals surface area contributed by atoms with Crippen molar-refractivity contribution in [1.82, 2.24) is 0 Å². The molecule has 1 aromatic carbocycles. The predicted octanol–water partition coefficient (Wildman–Crippen LogP) is 2.13. The van der Waals surface area contributed by atoms with E-state index in [0.717, 1.165) is 18.4 Å². The number of hydrogen-bond donors (Lipinski definition) is 2. The van der Waals surface area contributed by atoms with Gasteiger partial charge in [0.1, 0.15) is 11.5 Å². The number of hydrogen-bond acceptors (Lipinski definition) is 3. The fourth-order valence-electron chi connectivity index (χ4n) is 1.76. The third-order valence-corrected chi connectivity index (χ3v) is 2.65. The van der Waals surface area contributed by atoms with Gasteiger partial charge >= 0.3 is 0 Å². The Hall–Kier alpha value is -1.22. The molecule has 0 spiro atoms. The van der Waals surface area contributed by atoms with E-state index in [2.05, 4.69) is 0 Å². The van der Waals surface area contributed by atoms with Crippen LogP contribution in [0.4, 0.5) is 0 Å². The topological polar surface area (TPSA) is 55.5 Å². The third-order valence-electron chi connectivity index (χ3n) is 2.65. The quantitative estimate of drug-likeness (QED) is 0.798. The van der Waals surface area contributed by atoms with E-state index in [1.54, 1.807) is 12.1 Å². The fraction of sp³-hybridized carbons (Fsp3) is 0.500. The molecule has 3 N–H and O–H groups in total. The second-order valence-electron chi connectivity index (χ2n) is 4.47. The Bertz CT molecular complexity index is 370. The lowest BCUT2D eigenvalue weighted by Crippen LogP contribution is -2.21. The summed E-state index contributed by atoms with van der Waals surface area (Å²) in [5.41, 5.74) is 6.50. The molecule has 0 aromatic heterocycles. The minimum Gasteiger partial charge on any atom is -0.507 e. The highest BCUT2D eigenvalue weighted by Crippen LogP contribution is 2.50. The van der Waals surface area contributed by atoms with E-state index >= 15 is 0 Å². The van der Waals surface area contributed by atoms with E-state index in [1.165, 1.54) is 0 Å². The molecule has 2 rings (SSSR count). The van der Waals surface area contributed by atoms with Crippen molar-refractivity contribution in [3.8, 4) is 11.5 Å². The van der Waals surface area contributed by atoms with Crippen LogP contribution in [-0.4, -0.2) is 11.2 Å². The first-order chi connectivity index (χ1) is 7.03. The highest BCUT2D eigenvalue weighted by Gasteiger charge is 2.44. The molecule has 0 atom stereocenters. The second kappa shape index (κ2) is 3.42. The van der Waals surface area contributed by atoms with Gasteiger partial charge in [-0.2, -0.15) is 0 Å². The molecule has 82 valence electrons. The lowest BCUT2D eigenvalue weighted by Gasteiger charge is -2.19. The lowest BCUT2D eigenvalue weighted by atomic mass is 10.0. The van der Waals surface area contributed by atoms with Crippen LogP contribution in [0.5, 0.6) is 11.5 Å². The van der Waals surface area contributed by atoms with Crippen molar-refractivity contribution in [3.05, 3.63) is 23.8 Å². The Morgan fingerprint density at radius 2 is 2.07 bits per heavy atom. The summed E-state index contributed by atoms with van der Waals surface area (Å²) in [5, 5.41) is 9.82. The van der Waals surface area contributed by atoms with Crippen LogP contribution in [0, 0.1) is 0 Å².